The van der Waals surface area contributed by atoms with E-state index in [4.69, 9.17) is 16.9 Å². The third-order valence-electron chi connectivity index (χ3n) is 3.76. The number of hydrogen-bond donors (Lipinski definition) is 2. The Bertz CT molecular complexity index is 718. The number of amides is 1. The number of rotatable bonds is 3. The Morgan fingerprint density at radius 1 is 1.52 bits per heavy atom. The van der Waals surface area contributed by atoms with Gasteiger partial charge in [-0.3, -0.25) is 4.79 Å². The topological polar surface area (TPSA) is 71.9 Å². The van der Waals surface area contributed by atoms with Crippen LogP contribution in [0, 0.1) is 17.4 Å². The van der Waals surface area contributed by atoms with Gasteiger partial charge < -0.3 is 15.2 Å². The van der Waals surface area contributed by atoms with E-state index in [1.165, 1.54) is 0 Å². The summed E-state index contributed by atoms with van der Waals surface area (Å²) in [5, 5.41) is 13.3. The van der Waals surface area contributed by atoms with Crippen LogP contribution in [-0.2, 0) is 4.79 Å². The molecular formula is C15H15ClN4O. The molecule has 1 fully saturated rings. The summed E-state index contributed by atoms with van der Waals surface area (Å²) < 4.78 is 0. The molecule has 21 heavy (non-hydrogen) atoms. The number of hydrogen-bond acceptors (Lipinski definition) is 3. The van der Waals surface area contributed by atoms with Crippen molar-refractivity contribution < 1.29 is 4.79 Å². The van der Waals surface area contributed by atoms with Gasteiger partial charge in [0.15, 0.2) is 6.19 Å². The molecule has 1 aromatic heterocycles. The minimum Gasteiger partial charge on any atom is -0.341 e. The molecule has 5 nitrogen and oxygen atoms in total. The molecule has 1 saturated heterocycles. The van der Waals surface area contributed by atoms with Gasteiger partial charge in [0.05, 0.1) is 0 Å². The normalized spacial score (nSPS) is 17.9. The highest BCUT2D eigenvalue weighted by atomic mass is 35.5. The zero-order valence-electron chi connectivity index (χ0n) is 11.4. The average Bonchev–Trinajstić information content (AvgIpc) is 3.04. The van der Waals surface area contributed by atoms with Crippen molar-refractivity contribution in [1.29, 1.82) is 5.26 Å². The van der Waals surface area contributed by atoms with Gasteiger partial charge in [0.1, 0.15) is 5.82 Å². The number of aromatic amines is 1. The van der Waals surface area contributed by atoms with Crippen molar-refractivity contribution >= 4 is 34.2 Å². The van der Waals surface area contributed by atoms with Crippen LogP contribution in [0.5, 0.6) is 0 Å². The Morgan fingerprint density at radius 2 is 2.38 bits per heavy atom. The van der Waals surface area contributed by atoms with E-state index in [0.717, 1.165) is 23.9 Å². The van der Waals surface area contributed by atoms with Crippen LogP contribution in [0.4, 0.5) is 5.82 Å². The van der Waals surface area contributed by atoms with Gasteiger partial charge in [-0.1, -0.05) is 11.6 Å². The zero-order chi connectivity index (χ0) is 14.8. The summed E-state index contributed by atoms with van der Waals surface area (Å²) in [6.45, 7) is 1.42. The molecule has 2 N–H and O–H groups in total. The predicted molar refractivity (Wildman–Crippen MR) is 81.8 cm³/mol. The third kappa shape index (κ3) is 3.11. The molecule has 0 aliphatic carbocycles. The number of likely N-dealkylation sites (tertiary alicyclic amines) is 1. The number of carbonyl (C=O) groups is 1. The molecule has 1 aliphatic heterocycles. The van der Waals surface area contributed by atoms with Crippen LogP contribution in [0.2, 0.25) is 5.02 Å². The second kappa shape index (κ2) is 5.66. The maximum atomic E-state index is 12.0. The largest absolute Gasteiger partial charge is 0.341 e. The number of nitriles is 1. The third-order valence-corrected chi connectivity index (χ3v) is 3.99. The molecule has 2 heterocycles. The summed E-state index contributed by atoms with van der Waals surface area (Å²) in [5.74, 6) is 0.897. The first-order chi connectivity index (χ1) is 10.1. The van der Waals surface area contributed by atoms with Crippen LogP contribution in [0.15, 0.2) is 24.3 Å². The first kappa shape index (κ1) is 13.8. The Labute approximate surface area is 127 Å². The van der Waals surface area contributed by atoms with Crippen molar-refractivity contribution in [3.8, 4) is 6.19 Å². The van der Waals surface area contributed by atoms with Gasteiger partial charge in [-0.15, -0.1) is 0 Å². The number of carbonyl (C=O) groups excluding carboxylic acids is 1. The van der Waals surface area contributed by atoms with Crippen LogP contribution < -0.4 is 5.32 Å². The molecule has 0 saturated carbocycles. The molecule has 6 heteroatoms. The van der Waals surface area contributed by atoms with Crippen molar-refractivity contribution in [2.75, 3.05) is 18.4 Å². The van der Waals surface area contributed by atoms with E-state index < -0.39 is 0 Å². The molecule has 0 bridgehead atoms. The molecule has 3 rings (SSSR count). The molecule has 0 radical (unpaired) electrons. The number of nitrogens with one attached hydrogen (secondary N) is 2. The Morgan fingerprint density at radius 3 is 3.14 bits per heavy atom. The highest BCUT2D eigenvalue weighted by Crippen LogP contribution is 2.23. The van der Waals surface area contributed by atoms with Crippen LogP contribution in [0.3, 0.4) is 0 Å². The molecule has 0 spiro atoms. The van der Waals surface area contributed by atoms with E-state index in [9.17, 15) is 4.79 Å². The minimum atomic E-state index is -0.0301. The molecule has 1 amide bonds. The van der Waals surface area contributed by atoms with Crippen LogP contribution in [0.25, 0.3) is 10.9 Å². The fraction of sp³-hybridized carbons (Fsp3) is 0.333. The lowest BCUT2D eigenvalue weighted by atomic mass is 10.0. The molecular weight excluding hydrogens is 288 g/mol. The van der Waals surface area contributed by atoms with E-state index in [2.05, 4.69) is 16.5 Å². The number of halogens is 1. The fourth-order valence-electron chi connectivity index (χ4n) is 2.72. The number of benzene rings is 1. The van der Waals surface area contributed by atoms with Gasteiger partial charge in [0.2, 0.25) is 5.91 Å². The van der Waals surface area contributed by atoms with Gasteiger partial charge in [0, 0.05) is 35.4 Å². The van der Waals surface area contributed by atoms with Gasteiger partial charge in [-0.25, -0.2) is 0 Å². The molecule has 1 unspecified atom stereocenters. The van der Waals surface area contributed by atoms with Crippen molar-refractivity contribution in [1.82, 2.24) is 9.88 Å². The van der Waals surface area contributed by atoms with E-state index in [0.29, 0.717) is 23.8 Å². The minimum absolute atomic E-state index is 0.0301. The Hall–Kier alpha value is -2.19. The van der Waals surface area contributed by atoms with Crippen molar-refractivity contribution in [2.45, 2.75) is 12.8 Å². The van der Waals surface area contributed by atoms with Crippen LogP contribution >= 0.6 is 11.6 Å². The number of H-pyrrole nitrogens is 1. The predicted octanol–water partition coefficient (Wildman–Crippen LogP) is 2.95. The standard InChI is InChI=1S/C15H15ClN4O/c16-12-1-2-13-11(6-12)7-14(18-13)19-15(21)5-10-3-4-20(8-10)9-17/h1-2,6-7,10,18H,3-5,8H2,(H,19,21). The summed E-state index contributed by atoms with van der Waals surface area (Å²) in [5.41, 5.74) is 0.936. The molecule has 1 aromatic carbocycles. The average molecular weight is 303 g/mol. The summed E-state index contributed by atoms with van der Waals surface area (Å²) in [4.78, 5) is 16.9. The number of anilines is 1. The van der Waals surface area contributed by atoms with Crippen LogP contribution in [0.1, 0.15) is 12.8 Å². The lowest BCUT2D eigenvalue weighted by Crippen LogP contribution is -2.19. The molecule has 2 aromatic rings. The van der Waals surface area contributed by atoms with Crippen LogP contribution in [-0.4, -0.2) is 28.9 Å². The first-order valence-electron chi connectivity index (χ1n) is 6.87. The first-order valence-corrected chi connectivity index (χ1v) is 7.24. The van der Waals surface area contributed by atoms with E-state index in [1.54, 1.807) is 11.0 Å². The van der Waals surface area contributed by atoms with Gasteiger partial charge in [-0.2, -0.15) is 5.26 Å². The smallest absolute Gasteiger partial charge is 0.225 e. The van der Waals surface area contributed by atoms with Gasteiger partial charge >= 0.3 is 0 Å². The maximum Gasteiger partial charge on any atom is 0.225 e. The van der Waals surface area contributed by atoms with Gasteiger partial charge in [-0.05, 0) is 36.6 Å². The SMILES string of the molecule is N#CN1CCC(CC(=O)Nc2cc3cc(Cl)ccc3[nH]2)C1. The van der Waals surface area contributed by atoms with Crippen molar-refractivity contribution in [3.05, 3.63) is 29.3 Å². The summed E-state index contributed by atoms with van der Waals surface area (Å²) in [6, 6.07) is 7.41. The summed E-state index contributed by atoms with van der Waals surface area (Å²) in [6.07, 6.45) is 3.45. The highest BCUT2D eigenvalue weighted by Gasteiger charge is 2.23. The number of nitrogens with zero attached hydrogens (tertiary/aromatic N) is 2. The molecule has 1 aliphatic rings. The number of aromatic nitrogens is 1. The van der Waals surface area contributed by atoms with Crippen molar-refractivity contribution in [3.63, 3.8) is 0 Å². The molecule has 108 valence electrons. The van der Waals surface area contributed by atoms with E-state index in [-0.39, 0.29) is 11.8 Å². The maximum absolute atomic E-state index is 12.0. The summed E-state index contributed by atoms with van der Waals surface area (Å²) in [7, 11) is 0. The highest BCUT2D eigenvalue weighted by molar-refractivity contribution is 6.31. The second-order valence-corrected chi connectivity index (χ2v) is 5.80. The lowest BCUT2D eigenvalue weighted by Gasteiger charge is -2.09. The summed E-state index contributed by atoms with van der Waals surface area (Å²) >= 11 is 5.94. The Kier molecular flexibility index (Phi) is 3.72. The lowest BCUT2D eigenvalue weighted by molar-refractivity contribution is -0.117. The van der Waals surface area contributed by atoms with Crippen molar-refractivity contribution in [2.24, 2.45) is 5.92 Å². The molecule has 1 atom stereocenters. The fourth-order valence-corrected chi connectivity index (χ4v) is 2.90. The zero-order valence-corrected chi connectivity index (χ0v) is 12.2. The number of fused-ring (bicyclic) bond motifs is 1. The quantitative estimate of drug-likeness (QED) is 0.856. The monoisotopic (exact) mass is 302 g/mol. The Balaban J connectivity index is 1.62. The second-order valence-electron chi connectivity index (χ2n) is 5.37. The van der Waals surface area contributed by atoms with Gasteiger partial charge in [0.25, 0.3) is 0 Å². The van der Waals surface area contributed by atoms with E-state index >= 15 is 0 Å². The van der Waals surface area contributed by atoms with E-state index in [1.807, 2.05) is 18.2 Å².